The van der Waals surface area contributed by atoms with Crippen LogP contribution in [0.3, 0.4) is 0 Å². The predicted molar refractivity (Wildman–Crippen MR) is 87.3 cm³/mol. The number of nitrogens with two attached hydrogens (primary N) is 1. The van der Waals surface area contributed by atoms with E-state index in [2.05, 4.69) is 36.2 Å². The van der Waals surface area contributed by atoms with Crippen LogP contribution in [0, 0.1) is 6.92 Å². The number of thiazole rings is 1. The van der Waals surface area contributed by atoms with Crippen LogP contribution in [0.1, 0.15) is 18.2 Å². The number of aryl methyl sites for hydroxylation is 1. The number of nitrogens with zero attached hydrogens (tertiary/aromatic N) is 2. The maximum absolute atomic E-state index is 12.1. The Bertz CT molecular complexity index is 606. The minimum Gasteiger partial charge on any atom is -0.341 e. The van der Waals surface area contributed by atoms with Gasteiger partial charge in [-0.15, -0.1) is 11.3 Å². The molecule has 0 aliphatic heterocycles. The zero-order valence-corrected chi connectivity index (χ0v) is 13.5. The molecule has 1 aromatic heterocycles. The summed E-state index contributed by atoms with van der Waals surface area (Å²) in [5.41, 5.74) is 8.72. The molecule has 2 rings (SSSR count). The Morgan fingerprint density at radius 1 is 1.38 bits per heavy atom. The number of benzene rings is 1. The summed E-state index contributed by atoms with van der Waals surface area (Å²) in [6.45, 7) is 4.47. The molecule has 0 aliphatic carbocycles. The molecule has 1 heterocycles. The van der Waals surface area contributed by atoms with Crippen molar-refractivity contribution in [3.8, 4) is 10.6 Å². The topological polar surface area (TPSA) is 59.2 Å². The lowest BCUT2D eigenvalue weighted by Gasteiger charge is -2.23. The van der Waals surface area contributed by atoms with E-state index in [0.29, 0.717) is 13.0 Å². The lowest BCUT2D eigenvalue weighted by atomic mass is 10.2. The second-order valence-electron chi connectivity index (χ2n) is 5.28. The number of hydrogen-bond acceptors (Lipinski definition) is 4. The summed E-state index contributed by atoms with van der Waals surface area (Å²) in [6, 6.07) is 8.30. The lowest BCUT2D eigenvalue weighted by molar-refractivity contribution is -0.130. The van der Waals surface area contributed by atoms with Gasteiger partial charge in [0.2, 0.25) is 5.91 Å². The molecule has 1 atom stereocenters. The van der Waals surface area contributed by atoms with Gasteiger partial charge < -0.3 is 10.6 Å². The molecule has 0 spiro atoms. The van der Waals surface area contributed by atoms with Crippen LogP contribution in [0.15, 0.2) is 29.6 Å². The number of likely N-dealkylation sites (N-methyl/N-ethyl adjacent to an activating group) is 1. The van der Waals surface area contributed by atoms with Crippen molar-refractivity contribution in [3.63, 3.8) is 0 Å². The Morgan fingerprint density at radius 3 is 2.67 bits per heavy atom. The number of rotatable bonds is 5. The van der Waals surface area contributed by atoms with Gasteiger partial charge in [-0.3, -0.25) is 4.79 Å². The Balaban J connectivity index is 2.06. The smallest absolute Gasteiger partial charge is 0.228 e. The molecule has 4 nitrogen and oxygen atoms in total. The third kappa shape index (κ3) is 3.89. The first-order chi connectivity index (χ1) is 10.0. The van der Waals surface area contributed by atoms with Crippen molar-refractivity contribution < 1.29 is 4.79 Å². The summed E-state index contributed by atoms with van der Waals surface area (Å²) < 4.78 is 0. The summed E-state index contributed by atoms with van der Waals surface area (Å²) >= 11 is 1.57. The molecule has 0 saturated heterocycles. The molecule has 21 heavy (non-hydrogen) atoms. The van der Waals surface area contributed by atoms with Gasteiger partial charge in [0.25, 0.3) is 0 Å². The molecule has 0 radical (unpaired) electrons. The summed E-state index contributed by atoms with van der Waals surface area (Å²) in [6.07, 6.45) is 0.323. The Kier molecular flexibility index (Phi) is 5.09. The van der Waals surface area contributed by atoms with Gasteiger partial charge in [-0.1, -0.05) is 29.8 Å². The van der Waals surface area contributed by atoms with Crippen LogP contribution in [-0.4, -0.2) is 35.4 Å². The van der Waals surface area contributed by atoms with Crippen LogP contribution in [0.4, 0.5) is 0 Å². The average Bonchev–Trinajstić information content (AvgIpc) is 2.94. The molecule has 5 heteroatoms. The zero-order valence-electron chi connectivity index (χ0n) is 12.7. The Labute approximate surface area is 129 Å². The monoisotopic (exact) mass is 303 g/mol. The second-order valence-corrected chi connectivity index (χ2v) is 6.13. The third-order valence-electron chi connectivity index (χ3n) is 3.58. The van der Waals surface area contributed by atoms with E-state index in [1.54, 1.807) is 23.3 Å². The van der Waals surface area contributed by atoms with Crippen molar-refractivity contribution in [2.75, 3.05) is 13.6 Å². The first-order valence-electron chi connectivity index (χ1n) is 6.98. The highest BCUT2D eigenvalue weighted by Crippen LogP contribution is 2.24. The van der Waals surface area contributed by atoms with Crippen LogP contribution in [0.5, 0.6) is 0 Å². The summed E-state index contributed by atoms with van der Waals surface area (Å²) in [7, 11) is 1.78. The number of amides is 1. The SMILES string of the molecule is Cc1ccc(-c2nc(CC(=O)N(C)C(C)CN)cs2)cc1. The van der Waals surface area contributed by atoms with Gasteiger partial charge in [-0.05, 0) is 13.8 Å². The van der Waals surface area contributed by atoms with Crippen molar-refractivity contribution in [2.24, 2.45) is 5.73 Å². The molecule has 1 aromatic carbocycles. The van der Waals surface area contributed by atoms with E-state index in [9.17, 15) is 4.79 Å². The number of carbonyl (C=O) groups excluding carboxylic acids is 1. The molecular formula is C16H21N3OS. The first kappa shape index (κ1) is 15.7. The fraction of sp³-hybridized carbons (Fsp3) is 0.375. The normalized spacial score (nSPS) is 12.2. The summed E-state index contributed by atoms with van der Waals surface area (Å²) in [4.78, 5) is 18.4. The van der Waals surface area contributed by atoms with Crippen molar-refractivity contribution >= 4 is 17.2 Å². The molecule has 1 unspecified atom stereocenters. The number of hydrogen-bond donors (Lipinski definition) is 1. The molecule has 2 aromatic rings. The van der Waals surface area contributed by atoms with E-state index < -0.39 is 0 Å². The van der Waals surface area contributed by atoms with Crippen LogP contribution >= 0.6 is 11.3 Å². The van der Waals surface area contributed by atoms with Gasteiger partial charge in [0.05, 0.1) is 12.1 Å². The zero-order chi connectivity index (χ0) is 15.4. The molecule has 1 amide bonds. The average molecular weight is 303 g/mol. The standard InChI is InChI=1S/C16H21N3OS/c1-11-4-6-13(7-5-11)16-18-14(10-21-16)8-15(20)19(3)12(2)9-17/h4-7,10,12H,8-9,17H2,1-3H3. The van der Waals surface area contributed by atoms with Crippen molar-refractivity contribution in [3.05, 3.63) is 40.9 Å². The molecule has 112 valence electrons. The van der Waals surface area contributed by atoms with Gasteiger partial charge in [-0.25, -0.2) is 4.98 Å². The fourth-order valence-electron chi connectivity index (χ4n) is 1.90. The van der Waals surface area contributed by atoms with E-state index in [4.69, 9.17) is 5.73 Å². The molecule has 0 saturated carbocycles. The van der Waals surface area contributed by atoms with Crippen LogP contribution in [-0.2, 0) is 11.2 Å². The fourth-order valence-corrected chi connectivity index (χ4v) is 2.73. The van der Waals surface area contributed by atoms with E-state index in [1.165, 1.54) is 5.56 Å². The van der Waals surface area contributed by atoms with Crippen molar-refractivity contribution in [1.82, 2.24) is 9.88 Å². The van der Waals surface area contributed by atoms with Crippen LogP contribution < -0.4 is 5.73 Å². The van der Waals surface area contributed by atoms with E-state index in [0.717, 1.165) is 16.3 Å². The highest BCUT2D eigenvalue weighted by Gasteiger charge is 2.16. The molecule has 0 bridgehead atoms. The maximum Gasteiger partial charge on any atom is 0.228 e. The van der Waals surface area contributed by atoms with Gasteiger partial charge in [0.15, 0.2) is 0 Å². The minimum absolute atomic E-state index is 0.0488. The Hall–Kier alpha value is -1.72. The lowest BCUT2D eigenvalue weighted by Crippen LogP contribution is -2.40. The third-order valence-corrected chi connectivity index (χ3v) is 4.52. The van der Waals surface area contributed by atoms with Gasteiger partial charge >= 0.3 is 0 Å². The summed E-state index contributed by atoms with van der Waals surface area (Å²) in [5, 5.41) is 2.90. The quantitative estimate of drug-likeness (QED) is 0.923. The van der Waals surface area contributed by atoms with Crippen LogP contribution in [0.25, 0.3) is 10.6 Å². The van der Waals surface area contributed by atoms with E-state index in [1.807, 2.05) is 12.3 Å². The highest BCUT2D eigenvalue weighted by atomic mass is 32.1. The molecular weight excluding hydrogens is 282 g/mol. The second kappa shape index (κ2) is 6.83. The minimum atomic E-state index is 0.0488. The predicted octanol–water partition coefficient (Wildman–Crippen LogP) is 2.47. The van der Waals surface area contributed by atoms with Gasteiger partial charge in [0, 0.05) is 30.6 Å². The maximum atomic E-state index is 12.1. The van der Waals surface area contributed by atoms with E-state index >= 15 is 0 Å². The van der Waals surface area contributed by atoms with Crippen molar-refractivity contribution in [1.29, 1.82) is 0 Å². The van der Waals surface area contributed by atoms with Gasteiger partial charge in [0.1, 0.15) is 5.01 Å². The number of carbonyl (C=O) groups is 1. The van der Waals surface area contributed by atoms with Crippen molar-refractivity contribution in [2.45, 2.75) is 26.3 Å². The first-order valence-corrected chi connectivity index (χ1v) is 7.86. The summed E-state index contributed by atoms with van der Waals surface area (Å²) in [5.74, 6) is 0.0497. The Morgan fingerprint density at radius 2 is 2.05 bits per heavy atom. The highest BCUT2D eigenvalue weighted by molar-refractivity contribution is 7.13. The largest absolute Gasteiger partial charge is 0.341 e. The molecule has 0 fully saturated rings. The molecule has 2 N–H and O–H groups in total. The number of aromatic nitrogens is 1. The molecule has 0 aliphatic rings. The van der Waals surface area contributed by atoms with Gasteiger partial charge in [-0.2, -0.15) is 0 Å². The van der Waals surface area contributed by atoms with E-state index in [-0.39, 0.29) is 11.9 Å². The van der Waals surface area contributed by atoms with Crippen LogP contribution in [0.2, 0.25) is 0 Å².